The third-order valence-corrected chi connectivity index (χ3v) is 4.57. The van der Waals surface area contributed by atoms with Gasteiger partial charge in [0.05, 0.1) is 0 Å². The Balaban J connectivity index is 1.41. The molecule has 0 fully saturated rings. The highest BCUT2D eigenvalue weighted by atomic mass is 16.1. The molecule has 4 aromatic heterocycles. The van der Waals surface area contributed by atoms with Crippen LogP contribution < -0.4 is 10.2 Å². The summed E-state index contributed by atoms with van der Waals surface area (Å²) in [7, 11) is 1.99. The van der Waals surface area contributed by atoms with E-state index in [0.717, 1.165) is 30.0 Å². The van der Waals surface area contributed by atoms with Crippen LogP contribution in [-0.4, -0.2) is 43.8 Å². The van der Waals surface area contributed by atoms with E-state index in [0.29, 0.717) is 18.0 Å². The highest BCUT2D eigenvalue weighted by molar-refractivity contribution is 5.92. The molecule has 0 aliphatic rings. The van der Waals surface area contributed by atoms with E-state index in [-0.39, 0.29) is 5.91 Å². The predicted molar refractivity (Wildman–Crippen MR) is 110 cm³/mol. The Morgan fingerprint density at radius 1 is 1.07 bits per heavy atom. The van der Waals surface area contributed by atoms with Crippen LogP contribution in [0.1, 0.15) is 21.7 Å². The minimum atomic E-state index is -0.249. The van der Waals surface area contributed by atoms with Crippen molar-refractivity contribution in [2.45, 2.75) is 13.0 Å². The molecule has 1 N–H and O–H groups in total. The summed E-state index contributed by atoms with van der Waals surface area (Å²) in [5, 5.41) is 2.92. The fourth-order valence-corrected chi connectivity index (χ4v) is 3.05. The van der Waals surface area contributed by atoms with Gasteiger partial charge >= 0.3 is 0 Å². The van der Waals surface area contributed by atoms with E-state index in [1.54, 1.807) is 35.3 Å². The highest BCUT2D eigenvalue weighted by Crippen LogP contribution is 2.16. The number of fused-ring (bicyclic) bond motifs is 1. The Bertz CT molecular complexity index is 1080. The van der Waals surface area contributed by atoms with Crippen molar-refractivity contribution in [3.63, 3.8) is 0 Å². The minimum absolute atomic E-state index is 0.249. The molecule has 0 unspecified atom stereocenters. The van der Waals surface area contributed by atoms with Gasteiger partial charge < -0.3 is 10.2 Å². The molecule has 1 amide bonds. The van der Waals surface area contributed by atoms with Gasteiger partial charge in [-0.15, -0.1) is 0 Å². The normalized spacial score (nSPS) is 10.8. The molecule has 0 saturated carbocycles. The summed E-state index contributed by atoms with van der Waals surface area (Å²) in [6.45, 7) is 1.13. The van der Waals surface area contributed by atoms with Crippen molar-refractivity contribution >= 4 is 17.5 Å². The fraction of sp³-hybridized carbons (Fsp3) is 0.190. The number of nitrogens with zero attached hydrogens (tertiary/aromatic N) is 6. The molecule has 0 aromatic carbocycles. The van der Waals surface area contributed by atoms with Crippen LogP contribution in [0.4, 0.5) is 5.82 Å². The number of rotatable bonds is 7. The lowest BCUT2D eigenvalue weighted by atomic mass is 10.2. The van der Waals surface area contributed by atoms with Crippen molar-refractivity contribution in [3.8, 4) is 0 Å². The highest BCUT2D eigenvalue weighted by Gasteiger charge is 2.14. The van der Waals surface area contributed by atoms with E-state index >= 15 is 0 Å². The molecule has 146 valence electrons. The Labute approximate surface area is 168 Å². The van der Waals surface area contributed by atoms with Gasteiger partial charge in [0.2, 0.25) is 5.78 Å². The van der Waals surface area contributed by atoms with Gasteiger partial charge in [0.1, 0.15) is 11.5 Å². The number of aromatic nitrogens is 5. The van der Waals surface area contributed by atoms with Gasteiger partial charge in [0.15, 0.2) is 0 Å². The van der Waals surface area contributed by atoms with Crippen LogP contribution in [0.5, 0.6) is 0 Å². The van der Waals surface area contributed by atoms with Gasteiger partial charge in [-0.05, 0) is 24.3 Å². The second-order valence-corrected chi connectivity index (χ2v) is 6.61. The van der Waals surface area contributed by atoms with E-state index in [2.05, 4.69) is 30.2 Å². The lowest BCUT2D eigenvalue weighted by molar-refractivity contribution is 0.0946. The molecule has 0 radical (unpaired) electrons. The van der Waals surface area contributed by atoms with E-state index in [9.17, 15) is 4.79 Å². The molecule has 0 atom stereocenters. The number of pyridine rings is 2. The molecule has 0 aliphatic heterocycles. The third-order valence-electron chi connectivity index (χ3n) is 4.57. The average molecular weight is 387 g/mol. The molecule has 8 heteroatoms. The number of hydrogen-bond acceptors (Lipinski definition) is 6. The van der Waals surface area contributed by atoms with Crippen molar-refractivity contribution < 1.29 is 4.79 Å². The predicted octanol–water partition coefficient (Wildman–Crippen LogP) is 2.13. The maximum atomic E-state index is 12.5. The smallest absolute Gasteiger partial charge is 0.271 e. The number of anilines is 1. The third kappa shape index (κ3) is 4.37. The Morgan fingerprint density at radius 3 is 2.76 bits per heavy atom. The van der Waals surface area contributed by atoms with Crippen LogP contribution >= 0.6 is 0 Å². The number of nitrogens with one attached hydrogen (secondary N) is 1. The molecule has 0 bridgehead atoms. The first-order chi connectivity index (χ1) is 14.2. The number of likely N-dealkylation sites (N-methyl/N-ethyl adjacent to an activating group) is 1. The number of carbonyl (C=O) groups is 1. The van der Waals surface area contributed by atoms with Crippen molar-refractivity contribution in [1.82, 2.24) is 29.7 Å². The molecule has 29 heavy (non-hydrogen) atoms. The minimum Gasteiger partial charge on any atom is -0.359 e. The van der Waals surface area contributed by atoms with Crippen molar-refractivity contribution in [2.75, 3.05) is 18.5 Å². The van der Waals surface area contributed by atoms with Crippen molar-refractivity contribution in [3.05, 3.63) is 84.3 Å². The summed E-state index contributed by atoms with van der Waals surface area (Å²) in [5.41, 5.74) is 2.30. The lowest BCUT2D eigenvalue weighted by Gasteiger charge is -2.21. The zero-order valence-corrected chi connectivity index (χ0v) is 16.1. The first-order valence-electron chi connectivity index (χ1n) is 9.33. The first-order valence-corrected chi connectivity index (χ1v) is 9.33. The molecule has 4 heterocycles. The maximum Gasteiger partial charge on any atom is 0.271 e. The van der Waals surface area contributed by atoms with Gasteiger partial charge in [-0.25, -0.2) is 15.0 Å². The van der Waals surface area contributed by atoms with E-state index < -0.39 is 0 Å². The van der Waals surface area contributed by atoms with Crippen LogP contribution in [0.3, 0.4) is 0 Å². The van der Waals surface area contributed by atoms with Crippen LogP contribution in [0, 0.1) is 0 Å². The van der Waals surface area contributed by atoms with Crippen LogP contribution in [0.25, 0.3) is 5.78 Å². The summed E-state index contributed by atoms with van der Waals surface area (Å²) in [4.78, 5) is 31.8. The number of carbonyl (C=O) groups excluding carboxylic acids is 1. The van der Waals surface area contributed by atoms with E-state index in [4.69, 9.17) is 0 Å². The Hall–Kier alpha value is -3.81. The summed E-state index contributed by atoms with van der Waals surface area (Å²) < 4.78 is 1.72. The van der Waals surface area contributed by atoms with Crippen LogP contribution in [0.2, 0.25) is 0 Å². The lowest BCUT2D eigenvalue weighted by Crippen LogP contribution is -2.27. The fourth-order valence-electron chi connectivity index (χ4n) is 3.05. The summed E-state index contributed by atoms with van der Waals surface area (Å²) in [6.07, 6.45) is 9.49. The quantitative estimate of drug-likeness (QED) is 0.523. The van der Waals surface area contributed by atoms with Gasteiger partial charge in [-0.3, -0.25) is 14.2 Å². The molecule has 4 aromatic rings. The monoisotopic (exact) mass is 387 g/mol. The van der Waals surface area contributed by atoms with Gasteiger partial charge in [0.25, 0.3) is 5.91 Å². The van der Waals surface area contributed by atoms with E-state index in [1.807, 2.05) is 43.6 Å². The van der Waals surface area contributed by atoms with Gasteiger partial charge in [0, 0.05) is 68.8 Å². The van der Waals surface area contributed by atoms with Crippen molar-refractivity contribution in [2.24, 2.45) is 0 Å². The number of imidazole rings is 1. The summed E-state index contributed by atoms with van der Waals surface area (Å²) >= 11 is 0. The average Bonchev–Trinajstić information content (AvgIpc) is 3.21. The molecular formula is C21H21N7O. The summed E-state index contributed by atoms with van der Waals surface area (Å²) in [5.74, 6) is 1.08. The maximum absolute atomic E-state index is 12.5. The second-order valence-electron chi connectivity index (χ2n) is 6.61. The standard InChI is InChI=1S/C21H21N7O/c1-27(13-8-17-7-2-3-9-22-17)19-16(6-4-10-23-19)14-25-20(29)18-15-28-12-5-11-24-21(28)26-18/h2-7,9-12,15H,8,13-14H2,1H3,(H,25,29). The second kappa shape index (κ2) is 8.47. The number of hydrogen-bond donors (Lipinski definition) is 1. The SMILES string of the molecule is CN(CCc1ccccn1)c1ncccc1CNC(=O)c1cn2cccnc2n1. The Morgan fingerprint density at radius 2 is 1.93 bits per heavy atom. The van der Waals surface area contributed by atoms with Crippen LogP contribution in [-0.2, 0) is 13.0 Å². The van der Waals surface area contributed by atoms with E-state index in [1.165, 1.54) is 0 Å². The van der Waals surface area contributed by atoms with Gasteiger partial charge in [-0.1, -0.05) is 12.1 Å². The molecule has 0 aliphatic carbocycles. The van der Waals surface area contributed by atoms with Gasteiger partial charge in [-0.2, -0.15) is 0 Å². The Kier molecular flexibility index (Phi) is 5.42. The first kappa shape index (κ1) is 18.5. The largest absolute Gasteiger partial charge is 0.359 e. The zero-order chi connectivity index (χ0) is 20.1. The zero-order valence-electron chi connectivity index (χ0n) is 16.1. The molecule has 0 saturated heterocycles. The molecule has 4 rings (SSSR count). The number of amides is 1. The topological polar surface area (TPSA) is 88.3 Å². The van der Waals surface area contributed by atoms with Crippen molar-refractivity contribution in [1.29, 1.82) is 0 Å². The molecule has 8 nitrogen and oxygen atoms in total. The molecule has 0 spiro atoms. The molecular weight excluding hydrogens is 366 g/mol. The summed E-state index contributed by atoms with van der Waals surface area (Å²) in [6, 6.07) is 11.5. The van der Waals surface area contributed by atoms with Crippen LogP contribution in [0.15, 0.2) is 67.4 Å².